The molecule has 1 aliphatic rings. The number of nitrogens with one attached hydrogen (secondary N) is 1. The number of nitrogens with zero attached hydrogens (tertiary/aromatic N) is 1. The summed E-state index contributed by atoms with van der Waals surface area (Å²) in [6.07, 6.45) is 2.56. The van der Waals surface area contributed by atoms with Gasteiger partial charge in [-0.15, -0.1) is 6.58 Å². The van der Waals surface area contributed by atoms with E-state index in [2.05, 4.69) is 25.7 Å². The van der Waals surface area contributed by atoms with Crippen LogP contribution in [0.4, 0.5) is 5.69 Å². The van der Waals surface area contributed by atoms with Crippen LogP contribution in [0.2, 0.25) is 0 Å². The molecule has 26 heavy (non-hydrogen) atoms. The summed E-state index contributed by atoms with van der Waals surface area (Å²) in [5.41, 5.74) is 2.57. The van der Waals surface area contributed by atoms with E-state index in [9.17, 15) is 4.79 Å². The quantitative estimate of drug-likeness (QED) is 0.725. The van der Waals surface area contributed by atoms with E-state index in [0.29, 0.717) is 24.6 Å². The van der Waals surface area contributed by atoms with E-state index in [1.165, 1.54) is 0 Å². The highest BCUT2D eigenvalue weighted by Gasteiger charge is 2.31. The molecule has 0 saturated heterocycles. The van der Waals surface area contributed by atoms with Crippen LogP contribution in [0, 0.1) is 5.92 Å². The average molecular weight is 350 g/mol. The summed E-state index contributed by atoms with van der Waals surface area (Å²) in [5.74, 6) is 1.49. The molecule has 0 aromatic heterocycles. The highest BCUT2D eigenvalue weighted by atomic mass is 16.5. The third-order valence-electron chi connectivity index (χ3n) is 4.51. The Bertz CT molecular complexity index is 768. The molecule has 0 saturated carbocycles. The predicted molar refractivity (Wildman–Crippen MR) is 105 cm³/mol. The Kier molecular flexibility index (Phi) is 5.61. The van der Waals surface area contributed by atoms with Gasteiger partial charge in [0.25, 0.3) is 5.91 Å². The summed E-state index contributed by atoms with van der Waals surface area (Å²) in [4.78, 5) is 14.7. The van der Waals surface area contributed by atoms with Crippen LogP contribution in [-0.4, -0.2) is 24.0 Å². The smallest absolute Gasteiger partial charge is 0.258 e. The molecule has 1 unspecified atom stereocenters. The molecule has 1 heterocycles. The van der Waals surface area contributed by atoms with Gasteiger partial charge < -0.3 is 15.0 Å². The van der Waals surface area contributed by atoms with Gasteiger partial charge in [-0.3, -0.25) is 4.79 Å². The molecule has 1 aliphatic heterocycles. The van der Waals surface area contributed by atoms with Crippen molar-refractivity contribution in [1.82, 2.24) is 4.90 Å². The number of hydrogen-bond donors (Lipinski definition) is 1. The number of rotatable bonds is 7. The van der Waals surface area contributed by atoms with Gasteiger partial charge in [-0.2, -0.15) is 0 Å². The number of amides is 1. The first-order valence-electron chi connectivity index (χ1n) is 9.10. The Morgan fingerprint density at radius 1 is 1.19 bits per heavy atom. The maximum absolute atomic E-state index is 12.9. The van der Waals surface area contributed by atoms with E-state index in [-0.39, 0.29) is 12.1 Å². The lowest BCUT2D eigenvalue weighted by atomic mass is 10.0. The first kappa shape index (κ1) is 18.1. The van der Waals surface area contributed by atoms with Crippen LogP contribution in [0.15, 0.2) is 61.2 Å². The van der Waals surface area contributed by atoms with Crippen LogP contribution >= 0.6 is 0 Å². The number of fused-ring (bicyclic) bond motifs is 1. The van der Waals surface area contributed by atoms with E-state index in [4.69, 9.17) is 4.74 Å². The van der Waals surface area contributed by atoms with Gasteiger partial charge >= 0.3 is 0 Å². The number of benzene rings is 2. The minimum absolute atomic E-state index is 0.0153. The molecule has 2 aromatic rings. The number of hydrogen-bond acceptors (Lipinski definition) is 3. The zero-order valence-corrected chi connectivity index (χ0v) is 15.4. The molecule has 136 valence electrons. The van der Waals surface area contributed by atoms with Crippen molar-refractivity contribution in [1.29, 1.82) is 0 Å². The maximum atomic E-state index is 12.9. The summed E-state index contributed by atoms with van der Waals surface area (Å²) in [6.45, 7) is 9.36. The molecule has 3 rings (SSSR count). The average Bonchev–Trinajstić information content (AvgIpc) is 2.64. The number of carbonyl (C=O) groups excluding carboxylic acids is 1. The van der Waals surface area contributed by atoms with Gasteiger partial charge in [0.2, 0.25) is 0 Å². The minimum Gasteiger partial charge on any atom is -0.494 e. The number of anilines is 1. The van der Waals surface area contributed by atoms with E-state index in [1.807, 2.05) is 48.5 Å². The SMILES string of the molecule is C=CCN1C(=O)c2ccccc2NC1c1ccc(OCCC(C)C)cc1. The first-order valence-corrected chi connectivity index (χ1v) is 9.10. The molecule has 1 N–H and O–H groups in total. The second-order valence-corrected chi connectivity index (χ2v) is 6.94. The molecule has 0 bridgehead atoms. The molecule has 4 heteroatoms. The largest absolute Gasteiger partial charge is 0.494 e. The summed E-state index contributed by atoms with van der Waals surface area (Å²) in [6, 6.07) is 15.6. The highest BCUT2D eigenvalue weighted by molar-refractivity contribution is 6.01. The van der Waals surface area contributed by atoms with E-state index in [0.717, 1.165) is 23.4 Å². The van der Waals surface area contributed by atoms with Crippen molar-refractivity contribution in [2.45, 2.75) is 26.4 Å². The van der Waals surface area contributed by atoms with Gasteiger partial charge in [0, 0.05) is 12.2 Å². The molecule has 0 spiro atoms. The molecule has 0 radical (unpaired) electrons. The first-order chi connectivity index (χ1) is 12.6. The second-order valence-electron chi connectivity index (χ2n) is 6.94. The molecule has 0 fully saturated rings. The fraction of sp³-hybridized carbons (Fsp3) is 0.318. The minimum atomic E-state index is -0.222. The van der Waals surface area contributed by atoms with Gasteiger partial charge in [-0.25, -0.2) is 0 Å². The van der Waals surface area contributed by atoms with Crippen molar-refractivity contribution >= 4 is 11.6 Å². The monoisotopic (exact) mass is 350 g/mol. The lowest BCUT2D eigenvalue weighted by Crippen LogP contribution is -2.42. The number of ether oxygens (including phenoxy) is 1. The highest BCUT2D eigenvalue weighted by Crippen LogP contribution is 2.33. The van der Waals surface area contributed by atoms with Crippen molar-refractivity contribution in [3.8, 4) is 5.75 Å². The lowest BCUT2D eigenvalue weighted by molar-refractivity contribution is 0.0707. The van der Waals surface area contributed by atoms with Crippen molar-refractivity contribution in [3.63, 3.8) is 0 Å². The van der Waals surface area contributed by atoms with Crippen LogP contribution in [0.3, 0.4) is 0 Å². The molecule has 0 aliphatic carbocycles. The van der Waals surface area contributed by atoms with Crippen molar-refractivity contribution in [3.05, 3.63) is 72.3 Å². The van der Waals surface area contributed by atoms with Crippen LogP contribution in [-0.2, 0) is 0 Å². The maximum Gasteiger partial charge on any atom is 0.258 e. The zero-order chi connectivity index (χ0) is 18.5. The standard InChI is InChI=1S/C22H26N2O2/c1-4-14-24-21(23-20-8-6-5-7-19(20)22(24)25)17-9-11-18(12-10-17)26-15-13-16(2)3/h4-12,16,21,23H,1,13-15H2,2-3H3. The van der Waals surface area contributed by atoms with Crippen LogP contribution in [0.5, 0.6) is 5.75 Å². The van der Waals surface area contributed by atoms with Gasteiger partial charge in [0.1, 0.15) is 11.9 Å². The van der Waals surface area contributed by atoms with Gasteiger partial charge in [-0.1, -0.05) is 44.2 Å². The Hall–Kier alpha value is -2.75. The van der Waals surface area contributed by atoms with E-state index in [1.54, 1.807) is 11.0 Å². The Morgan fingerprint density at radius 2 is 1.92 bits per heavy atom. The van der Waals surface area contributed by atoms with Gasteiger partial charge in [-0.05, 0) is 42.2 Å². The Morgan fingerprint density at radius 3 is 2.62 bits per heavy atom. The third-order valence-corrected chi connectivity index (χ3v) is 4.51. The zero-order valence-electron chi connectivity index (χ0n) is 15.4. The normalized spacial score (nSPS) is 16.2. The van der Waals surface area contributed by atoms with Crippen molar-refractivity contribution in [2.75, 3.05) is 18.5 Å². The summed E-state index contributed by atoms with van der Waals surface area (Å²) in [7, 11) is 0. The summed E-state index contributed by atoms with van der Waals surface area (Å²) < 4.78 is 5.79. The van der Waals surface area contributed by atoms with E-state index >= 15 is 0 Å². The fourth-order valence-electron chi connectivity index (χ4n) is 3.04. The number of para-hydroxylation sites is 1. The van der Waals surface area contributed by atoms with Gasteiger partial charge in [0.05, 0.1) is 12.2 Å². The Labute approximate surface area is 155 Å². The number of carbonyl (C=O) groups is 1. The third kappa shape index (κ3) is 3.90. The van der Waals surface area contributed by atoms with Crippen LogP contribution in [0.25, 0.3) is 0 Å². The van der Waals surface area contributed by atoms with E-state index < -0.39 is 0 Å². The van der Waals surface area contributed by atoms with Crippen molar-refractivity contribution < 1.29 is 9.53 Å². The lowest BCUT2D eigenvalue weighted by Gasteiger charge is -2.37. The topological polar surface area (TPSA) is 41.6 Å². The molecule has 4 nitrogen and oxygen atoms in total. The second kappa shape index (κ2) is 8.09. The predicted octanol–water partition coefficient (Wildman–Crippen LogP) is 4.86. The van der Waals surface area contributed by atoms with Crippen LogP contribution < -0.4 is 10.1 Å². The van der Waals surface area contributed by atoms with Gasteiger partial charge in [0.15, 0.2) is 0 Å². The molecule has 1 atom stereocenters. The van der Waals surface area contributed by atoms with Crippen LogP contribution in [0.1, 0.15) is 42.4 Å². The molecule has 1 amide bonds. The Balaban J connectivity index is 1.80. The summed E-state index contributed by atoms with van der Waals surface area (Å²) >= 11 is 0. The molecular weight excluding hydrogens is 324 g/mol. The van der Waals surface area contributed by atoms with Crippen molar-refractivity contribution in [2.24, 2.45) is 5.92 Å². The molecular formula is C22H26N2O2. The summed E-state index contributed by atoms with van der Waals surface area (Å²) in [5, 5.41) is 3.47. The fourth-order valence-corrected chi connectivity index (χ4v) is 3.04. The molecule has 2 aromatic carbocycles.